The Bertz CT molecular complexity index is 822. The maximum absolute atomic E-state index is 12.2. The average molecular weight is 396 g/mol. The van der Waals surface area contributed by atoms with Crippen molar-refractivity contribution >= 4 is 46.2 Å². The maximum Gasteiger partial charge on any atom is 0.281 e. The number of carbonyl (C=O) groups excluding carboxylic acids is 2. The molecule has 138 valence electrons. The average Bonchev–Trinajstić information content (AvgIpc) is 3.14. The van der Waals surface area contributed by atoms with Gasteiger partial charge in [-0.1, -0.05) is 17.7 Å². The van der Waals surface area contributed by atoms with Gasteiger partial charge in [-0.15, -0.1) is 11.3 Å². The van der Waals surface area contributed by atoms with Crippen LogP contribution >= 0.6 is 22.9 Å². The maximum atomic E-state index is 12.2. The summed E-state index contributed by atoms with van der Waals surface area (Å²) in [4.78, 5) is 24.6. The number of ether oxygens (including phenoxy) is 2. The summed E-state index contributed by atoms with van der Waals surface area (Å²) in [5.74, 6) is 0.218. The van der Waals surface area contributed by atoms with E-state index in [2.05, 4.69) is 15.8 Å². The number of carbonyl (C=O) groups is 2. The minimum absolute atomic E-state index is 0.00246. The third-order valence-corrected chi connectivity index (χ3v) is 4.42. The van der Waals surface area contributed by atoms with E-state index in [1.807, 2.05) is 0 Å². The zero-order valence-electron chi connectivity index (χ0n) is 14.5. The molecule has 0 unspecified atom stereocenters. The van der Waals surface area contributed by atoms with Gasteiger partial charge in [0, 0.05) is 11.8 Å². The molecule has 0 saturated heterocycles. The van der Waals surface area contributed by atoms with Crippen molar-refractivity contribution in [3.63, 3.8) is 0 Å². The third kappa shape index (κ3) is 5.21. The summed E-state index contributed by atoms with van der Waals surface area (Å²) in [7, 11) is 2.97. The summed E-state index contributed by atoms with van der Waals surface area (Å²) in [6, 6.07) is 6.59. The van der Waals surface area contributed by atoms with Gasteiger partial charge in [0.1, 0.15) is 11.5 Å². The molecule has 2 amide bonds. The molecule has 0 aliphatic rings. The Morgan fingerprint density at radius 1 is 1.23 bits per heavy atom. The Morgan fingerprint density at radius 2 is 1.96 bits per heavy atom. The molecular formula is C17H18ClN3O4S. The first-order valence-corrected chi connectivity index (χ1v) is 8.78. The Morgan fingerprint density at radius 3 is 2.58 bits per heavy atom. The minimum atomic E-state index is -0.323. The summed E-state index contributed by atoms with van der Waals surface area (Å²) >= 11 is 7.39. The van der Waals surface area contributed by atoms with Crippen LogP contribution in [-0.4, -0.2) is 31.7 Å². The van der Waals surface area contributed by atoms with Crippen molar-refractivity contribution in [3.05, 3.63) is 39.5 Å². The van der Waals surface area contributed by atoms with Crippen LogP contribution < -0.4 is 20.2 Å². The molecule has 0 aliphatic carbocycles. The number of anilines is 1. The molecule has 9 heteroatoms. The van der Waals surface area contributed by atoms with Crippen LogP contribution in [0.5, 0.6) is 11.5 Å². The number of halogens is 1. The number of rotatable bonds is 7. The molecule has 0 fully saturated rings. The molecule has 26 heavy (non-hydrogen) atoms. The smallest absolute Gasteiger partial charge is 0.281 e. The number of methoxy groups -OCH3 is 2. The topological polar surface area (TPSA) is 89.0 Å². The van der Waals surface area contributed by atoms with Crippen LogP contribution in [0, 0.1) is 0 Å². The van der Waals surface area contributed by atoms with E-state index in [-0.39, 0.29) is 18.2 Å². The van der Waals surface area contributed by atoms with Crippen LogP contribution in [0.2, 0.25) is 5.02 Å². The van der Waals surface area contributed by atoms with Crippen LogP contribution in [-0.2, 0) is 4.79 Å². The molecule has 1 aromatic heterocycles. The van der Waals surface area contributed by atoms with Gasteiger partial charge < -0.3 is 14.8 Å². The fraction of sp³-hybridized carbons (Fsp3) is 0.235. The van der Waals surface area contributed by atoms with Crippen molar-refractivity contribution in [2.24, 2.45) is 5.10 Å². The lowest BCUT2D eigenvalue weighted by Crippen LogP contribution is -2.21. The molecule has 2 aromatic rings. The Balaban J connectivity index is 1.98. The zero-order valence-corrected chi connectivity index (χ0v) is 16.0. The van der Waals surface area contributed by atoms with E-state index < -0.39 is 0 Å². The number of benzene rings is 1. The Kier molecular flexibility index (Phi) is 6.99. The van der Waals surface area contributed by atoms with Crippen LogP contribution in [0.1, 0.15) is 23.0 Å². The molecule has 0 spiro atoms. The standard InChI is InChI=1S/C17H18ClN3O4S/c1-10(20-21-17(23)15-5-4-6-26-15)7-16(22)19-12-8-11(18)13(24-2)9-14(12)25-3/h4-6,8-9H,7H2,1-3H3,(H,19,22)(H,21,23)/b20-10-. The van der Waals surface area contributed by atoms with Gasteiger partial charge in [-0.3, -0.25) is 9.59 Å². The van der Waals surface area contributed by atoms with Gasteiger partial charge in [0.05, 0.1) is 36.2 Å². The lowest BCUT2D eigenvalue weighted by Gasteiger charge is -2.13. The second kappa shape index (κ2) is 9.21. The summed E-state index contributed by atoms with van der Waals surface area (Å²) in [5.41, 5.74) is 3.28. The van der Waals surface area contributed by atoms with Gasteiger partial charge in [-0.2, -0.15) is 5.10 Å². The van der Waals surface area contributed by atoms with E-state index >= 15 is 0 Å². The normalized spacial score (nSPS) is 11.0. The van der Waals surface area contributed by atoms with Gasteiger partial charge in [0.2, 0.25) is 5.91 Å². The number of hydrogen-bond donors (Lipinski definition) is 2. The number of amides is 2. The molecule has 0 atom stereocenters. The number of hydrogen-bond acceptors (Lipinski definition) is 6. The zero-order chi connectivity index (χ0) is 19.1. The SMILES string of the molecule is COc1cc(OC)c(NC(=O)C/C(C)=N\NC(=O)c2cccs2)cc1Cl. The quantitative estimate of drug-likeness (QED) is 0.554. The third-order valence-electron chi connectivity index (χ3n) is 3.26. The number of nitrogens with zero attached hydrogens (tertiary/aromatic N) is 1. The summed E-state index contributed by atoms with van der Waals surface area (Å²) in [6.45, 7) is 1.65. The fourth-order valence-corrected chi connectivity index (χ4v) is 2.89. The highest BCUT2D eigenvalue weighted by atomic mass is 35.5. The monoisotopic (exact) mass is 395 g/mol. The van der Waals surface area contributed by atoms with E-state index in [1.165, 1.54) is 25.6 Å². The molecule has 1 heterocycles. The molecule has 1 aromatic carbocycles. The highest BCUT2D eigenvalue weighted by molar-refractivity contribution is 7.12. The molecule has 0 bridgehead atoms. The van der Waals surface area contributed by atoms with Crippen LogP contribution in [0.15, 0.2) is 34.7 Å². The fourth-order valence-electron chi connectivity index (χ4n) is 2.03. The molecule has 7 nitrogen and oxygen atoms in total. The van der Waals surface area contributed by atoms with Gasteiger partial charge in [0.25, 0.3) is 5.91 Å². The predicted octanol–water partition coefficient (Wildman–Crippen LogP) is 3.55. The second-order valence-electron chi connectivity index (χ2n) is 5.18. The molecule has 0 saturated carbocycles. The number of hydrazone groups is 1. The van der Waals surface area contributed by atoms with Crippen LogP contribution in [0.25, 0.3) is 0 Å². The predicted molar refractivity (Wildman–Crippen MR) is 103 cm³/mol. The lowest BCUT2D eigenvalue weighted by molar-refractivity contribution is -0.115. The highest BCUT2D eigenvalue weighted by Crippen LogP contribution is 2.35. The van der Waals surface area contributed by atoms with Gasteiger partial charge in [-0.05, 0) is 24.4 Å². The van der Waals surface area contributed by atoms with Gasteiger partial charge >= 0.3 is 0 Å². The molecule has 2 rings (SSSR count). The lowest BCUT2D eigenvalue weighted by atomic mass is 10.2. The first kappa shape index (κ1) is 19.7. The van der Waals surface area contributed by atoms with E-state index in [9.17, 15) is 9.59 Å². The molecular weight excluding hydrogens is 378 g/mol. The van der Waals surface area contributed by atoms with Crippen molar-refractivity contribution in [2.45, 2.75) is 13.3 Å². The Hall–Kier alpha value is -2.58. The number of nitrogens with one attached hydrogen (secondary N) is 2. The number of thiophene rings is 1. The van der Waals surface area contributed by atoms with E-state index in [0.717, 1.165) is 0 Å². The van der Waals surface area contributed by atoms with E-state index in [1.54, 1.807) is 36.6 Å². The summed E-state index contributed by atoms with van der Waals surface area (Å²) in [6.07, 6.45) is -0.00246. The van der Waals surface area contributed by atoms with E-state index in [0.29, 0.717) is 32.8 Å². The van der Waals surface area contributed by atoms with Crippen LogP contribution in [0.3, 0.4) is 0 Å². The largest absolute Gasteiger partial charge is 0.495 e. The molecule has 0 aliphatic heterocycles. The van der Waals surface area contributed by atoms with Crippen molar-refractivity contribution in [1.82, 2.24) is 5.43 Å². The summed E-state index contributed by atoms with van der Waals surface area (Å²) in [5, 5.41) is 8.78. The van der Waals surface area contributed by atoms with Crippen molar-refractivity contribution in [2.75, 3.05) is 19.5 Å². The molecule has 2 N–H and O–H groups in total. The van der Waals surface area contributed by atoms with Crippen molar-refractivity contribution in [3.8, 4) is 11.5 Å². The van der Waals surface area contributed by atoms with Crippen molar-refractivity contribution < 1.29 is 19.1 Å². The van der Waals surface area contributed by atoms with E-state index in [4.69, 9.17) is 21.1 Å². The van der Waals surface area contributed by atoms with Crippen molar-refractivity contribution in [1.29, 1.82) is 0 Å². The first-order chi connectivity index (χ1) is 12.4. The molecule has 0 radical (unpaired) electrons. The van der Waals surface area contributed by atoms with Gasteiger partial charge in [0.15, 0.2) is 0 Å². The first-order valence-electron chi connectivity index (χ1n) is 7.53. The summed E-state index contributed by atoms with van der Waals surface area (Å²) < 4.78 is 10.3. The Labute approximate surface area is 160 Å². The van der Waals surface area contributed by atoms with Gasteiger partial charge in [-0.25, -0.2) is 5.43 Å². The van der Waals surface area contributed by atoms with Crippen LogP contribution in [0.4, 0.5) is 5.69 Å². The second-order valence-corrected chi connectivity index (χ2v) is 6.53. The minimum Gasteiger partial charge on any atom is -0.495 e. The highest BCUT2D eigenvalue weighted by Gasteiger charge is 2.13.